The lowest BCUT2D eigenvalue weighted by molar-refractivity contribution is -0.142. The van der Waals surface area contributed by atoms with Crippen molar-refractivity contribution in [2.75, 3.05) is 0 Å². The van der Waals surface area contributed by atoms with Crippen LogP contribution >= 0.6 is 0 Å². The second-order valence-electron chi connectivity index (χ2n) is 9.48. The van der Waals surface area contributed by atoms with E-state index in [2.05, 4.69) is 20.9 Å². The number of para-hydroxylation sites is 1. The highest BCUT2D eigenvalue weighted by molar-refractivity contribution is 5.94. The number of nitrogens with two attached hydrogens (primary N) is 1. The van der Waals surface area contributed by atoms with Crippen LogP contribution in [-0.4, -0.2) is 57.9 Å². The number of carbonyl (C=O) groups excluding carboxylic acids is 3. The maximum atomic E-state index is 13.3. The molecule has 0 aliphatic heterocycles. The number of carboxylic acid groups (broad SMARTS) is 1. The molecule has 1 aromatic heterocycles. The minimum atomic E-state index is -1.17. The highest BCUT2D eigenvalue weighted by Gasteiger charge is 2.33. The summed E-state index contributed by atoms with van der Waals surface area (Å²) in [6.07, 6.45) is 3.29. The molecule has 10 heteroatoms. The van der Waals surface area contributed by atoms with Crippen LogP contribution in [0.4, 0.5) is 0 Å². The lowest BCUT2D eigenvalue weighted by atomic mass is 9.94. The molecule has 0 aliphatic carbocycles. The Balaban J connectivity index is 2.14. The van der Waals surface area contributed by atoms with Gasteiger partial charge in [-0.15, -0.1) is 0 Å². The topological polar surface area (TPSA) is 166 Å². The summed E-state index contributed by atoms with van der Waals surface area (Å²) in [6, 6.07) is 3.87. The third-order valence-corrected chi connectivity index (χ3v) is 6.77. The number of fused-ring (bicyclic) bond motifs is 1. The highest BCUT2D eigenvalue weighted by atomic mass is 16.4. The lowest BCUT2D eigenvalue weighted by Gasteiger charge is -2.29. The molecule has 6 atom stereocenters. The molecule has 0 aliphatic rings. The van der Waals surface area contributed by atoms with E-state index >= 15 is 0 Å². The quantitative estimate of drug-likeness (QED) is 0.244. The molecule has 198 valence electrons. The normalized spacial score (nSPS) is 16.3. The average molecular weight is 502 g/mol. The first kappa shape index (κ1) is 28.8. The van der Waals surface area contributed by atoms with E-state index in [4.69, 9.17) is 10.8 Å². The van der Waals surface area contributed by atoms with E-state index in [1.807, 2.05) is 51.2 Å². The number of benzene rings is 1. The molecule has 0 radical (unpaired) electrons. The molecule has 2 rings (SSSR count). The van der Waals surface area contributed by atoms with E-state index in [-0.39, 0.29) is 18.3 Å². The van der Waals surface area contributed by atoms with Crippen LogP contribution in [0.3, 0.4) is 0 Å². The Hall–Kier alpha value is -3.40. The second kappa shape index (κ2) is 13.1. The van der Waals surface area contributed by atoms with Gasteiger partial charge in [0.2, 0.25) is 17.7 Å². The van der Waals surface area contributed by atoms with Gasteiger partial charge in [-0.3, -0.25) is 19.2 Å². The van der Waals surface area contributed by atoms with Crippen LogP contribution in [0.1, 0.15) is 53.0 Å². The molecule has 7 N–H and O–H groups in total. The van der Waals surface area contributed by atoms with Crippen LogP contribution in [0.2, 0.25) is 0 Å². The van der Waals surface area contributed by atoms with Gasteiger partial charge in [0.15, 0.2) is 0 Å². The van der Waals surface area contributed by atoms with Gasteiger partial charge >= 0.3 is 5.97 Å². The van der Waals surface area contributed by atoms with Crippen molar-refractivity contribution in [1.29, 1.82) is 0 Å². The average Bonchev–Trinajstić information content (AvgIpc) is 3.26. The molecule has 0 saturated carbocycles. The molecule has 0 fully saturated rings. The summed E-state index contributed by atoms with van der Waals surface area (Å²) >= 11 is 0. The maximum Gasteiger partial charge on any atom is 0.325 e. The highest BCUT2D eigenvalue weighted by Crippen LogP contribution is 2.19. The predicted molar refractivity (Wildman–Crippen MR) is 138 cm³/mol. The van der Waals surface area contributed by atoms with Gasteiger partial charge in [-0.25, -0.2) is 0 Å². The number of aliphatic carboxylic acids is 1. The van der Waals surface area contributed by atoms with E-state index in [1.54, 1.807) is 6.92 Å². The van der Waals surface area contributed by atoms with Gasteiger partial charge < -0.3 is 31.8 Å². The molecule has 0 saturated heterocycles. The van der Waals surface area contributed by atoms with Crippen LogP contribution in [0.15, 0.2) is 30.5 Å². The van der Waals surface area contributed by atoms with Gasteiger partial charge in [-0.05, 0) is 36.8 Å². The smallest absolute Gasteiger partial charge is 0.325 e. The SMILES string of the molecule is CCC(C)C(NC(=O)C(N)Cc1c[nH]c2ccccc12)C(=O)NC(C(=O)NC(C)C(=O)O)C(C)CC. The summed E-state index contributed by atoms with van der Waals surface area (Å²) in [5.74, 6) is -3.23. The zero-order valence-electron chi connectivity index (χ0n) is 21.6. The summed E-state index contributed by atoms with van der Waals surface area (Å²) in [7, 11) is 0. The Morgan fingerprint density at radius 1 is 0.889 bits per heavy atom. The molecular formula is C26H39N5O5. The molecule has 36 heavy (non-hydrogen) atoms. The molecule has 1 aromatic carbocycles. The predicted octanol–water partition coefficient (Wildman–Crippen LogP) is 1.69. The molecule has 0 spiro atoms. The van der Waals surface area contributed by atoms with Crippen molar-refractivity contribution in [3.63, 3.8) is 0 Å². The molecule has 6 unspecified atom stereocenters. The molecule has 2 aromatic rings. The Labute approximate surface area is 211 Å². The molecule has 3 amide bonds. The summed E-state index contributed by atoms with van der Waals surface area (Å²) in [5, 5.41) is 18.0. The molecule has 1 heterocycles. The summed E-state index contributed by atoms with van der Waals surface area (Å²) in [6.45, 7) is 8.75. The van der Waals surface area contributed by atoms with Crippen LogP contribution in [0.5, 0.6) is 0 Å². The molecule has 10 nitrogen and oxygen atoms in total. The van der Waals surface area contributed by atoms with Gasteiger partial charge in [0, 0.05) is 17.1 Å². The number of H-pyrrole nitrogens is 1. The van der Waals surface area contributed by atoms with E-state index in [0.717, 1.165) is 16.5 Å². The van der Waals surface area contributed by atoms with Crippen molar-refractivity contribution in [2.45, 2.75) is 78.0 Å². The van der Waals surface area contributed by atoms with Crippen LogP contribution in [0, 0.1) is 11.8 Å². The van der Waals surface area contributed by atoms with Crippen molar-refractivity contribution in [1.82, 2.24) is 20.9 Å². The monoisotopic (exact) mass is 501 g/mol. The zero-order chi connectivity index (χ0) is 27.0. The van der Waals surface area contributed by atoms with Crippen molar-refractivity contribution >= 4 is 34.6 Å². The number of aromatic nitrogens is 1. The van der Waals surface area contributed by atoms with Crippen molar-refractivity contribution in [3.05, 3.63) is 36.0 Å². The number of carboxylic acids is 1. The first-order valence-corrected chi connectivity index (χ1v) is 12.4. The molecular weight excluding hydrogens is 462 g/mol. The Morgan fingerprint density at radius 3 is 1.97 bits per heavy atom. The fourth-order valence-electron chi connectivity index (χ4n) is 3.90. The van der Waals surface area contributed by atoms with E-state index in [0.29, 0.717) is 12.8 Å². The number of amides is 3. The van der Waals surface area contributed by atoms with Crippen LogP contribution < -0.4 is 21.7 Å². The van der Waals surface area contributed by atoms with Gasteiger partial charge in [-0.1, -0.05) is 58.7 Å². The fraction of sp³-hybridized carbons (Fsp3) is 0.538. The van der Waals surface area contributed by atoms with Gasteiger partial charge in [0.25, 0.3) is 0 Å². The van der Waals surface area contributed by atoms with E-state index < -0.39 is 47.9 Å². The van der Waals surface area contributed by atoms with E-state index in [9.17, 15) is 19.2 Å². The Bertz CT molecular complexity index is 1070. The minimum Gasteiger partial charge on any atom is -0.480 e. The zero-order valence-corrected chi connectivity index (χ0v) is 21.6. The number of aromatic amines is 1. The minimum absolute atomic E-state index is 0.229. The van der Waals surface area contributed by atoms with Gasteiger partial charge in [0.1, 0.15) is 18.1 Å². The lowest BCUT2D eigenvalue weighted by Crippen LogP contribution is -2.59. The standard InChI is InChI=1S/C26H39N5O5/c1-6-14(3)21(24(33)29-16(5)26(35)36)31-25(34)22(15(4)7-2)30-23(32)19(27)12-17-13-28-20-11-9-8-10-18(17)20/h8-11,13-16,19,21-22,28H,6-7,12,27H2,1-5H3,(H,29,33)(H,30,32)(H,31,34)(H,35,36). The fourth-order valence-corrected chi connectivity index (χ4v) is 3.90. The number of nitrogens with one attached hydrogen (secondary N) is 4. The third-order valence-electron chi connectivity index (χ3n) is 6.77. The number of hydrogen-bond donors (Lipinski definition) is 6. The largest absolute Gasteiger partial charge is 0.480 e. The van der Waals surface area contributed by atoms with Gasteiger partial charge in [-0.2, -0.15) is 0 Å². The maximum absolute atomic E-state index is 13.3. The summed E-state index contributed by atoms with van der Waals surface area (Å²) in [5.41, 5.74) is 8.06. The van der Waals surface area contributed by atoms with Crippen molar-refractivity contribution in [3.8, 4) is 0 Å². The second-order valence-corrected chi connectivity index (χ2v) is 9.48. The van der Waals surface area contributed by atoms with Gasteiger partial charge in [0.05, 0.1) is 6.04 Å². The van der Waals surface area contributed by atoms with E-state index in [1.165, 1.54) is 6.92 Å². The number of hydrogen-bond acceptors (Lipinski definition) is 5. The van der Waals surface area contributed by atoms with Crippen molar-refractivity contribution in [2.24, 2.45) is 17.6 Å². The van der Waals surface area contributed by atoms with Crippen molar-refractivity contribution < 1.29 is 24.3 Å². The third kappa shape index (κ3) is 7.30. The Morgan fingerprint density at radius 2 is 1.42 bits per heavy atom. The number of rotatable bonds is 13. The molecule has 0 bridgehead atoms. The van der Waals surface area contributed by atoms with Crippen LogP contribution in [-0.2, 0) is 25.6 Å². The summed E-state index contributed by atoms with van der Waals surface area (Å²) in [4.78, 5) is 53.4. The first-order chi connectivity index (χ1) is 17.0. The Kier molecular flexibility index (Phi) is 10.5. The summed E-state index contributed by atoms with van der Waals surface area (Å²) < 4.78 is 0. The number of carbonyl (C=O) groups is 4. The van der Waals surface area contributed by atoms with Crippen LogP contribution in [0.25, 0.3) is 10.9 Å². The first-order valence-electron chi connectivity index (χ1n) is 12.4.